The summed E-state index contributed by atoms with van der Waals surface area (Å²) in [6, 6.07) is 3.12. The van der Waals surface area contributed by atoms with E-state index in [4.69, 9.17) is 9.84 Å². The number of ether oxygens (including phenoxy) is 1. The van der Waals surface area contributed by atoms with Gasteiger partial charge in [-0.25, -0.2) is 4.79 Å². The van der Waals surface area contributed by atoms with Gasteiger partial charge in [-0.05, 0) is 19.4 Å². The fraction of sp³-hybridized carbons (Fsp3) is 0.385. The largest absolute Gasteiger partial charge is 0.478 e. The molecule has 0 radical (unpaired) electrons. The van der Waals surface area contributed by atoms with Crippen LogP contribution < -0.4 is 10.1 Å². The second-order valence-corrected chi connectivity index (χ2v) is 4.41. The Morgan fingerprint density at radius 1 is 1.48 bits per heavy atom. The molecule has 1 aromatic carbocycles. The SMILES string of the molecule is CCC(C)NC(=O)COc1cc(C(=O)O)ccc1[N+](=O)[O-]. The first-order valence-corrected chi connectivity index (χ1v) is 6.29. The van der Waals surface area contributed by atoms with Crippen LogP contribution in [0.2, 0.25) is 0 Å². The van der Waals surface area contributed by atoms with Crippen molar-refractivity contribution in [3.05, 3.63) is 33.9 Å². The Morgan fingerprint density at radius 2 is 2.14 bits per heavy atom. The Bertz CT molecular complexity index is 558. The van der Waals surface area contributed by atoms with E-state index in [0.29, 0.717) is 0 Å². The van der Waals surface area contributed by atoms with E-state index in [1.807, 2.05) is 13.8 Å². The molecule has 0 aliphatic rings. The maximum Gasteiger partial charge on any atom is 0.335 e. The number of benzene rings is 1. The van der Waals surface area contributed by atoms with Crippen molar-refractivity contribution in [2.45, 2.75) is 26.3 Å². The highest BCUT2D eigenvalue weighted by Crippen LogP contribution is 2.27. The van der Waals surface area contributed by atoms with Crippen molar-refractivity contribution >= 4 is 17.6 Å². The summed E-state index contributed by atoms with van der Waals surface area (Å²) in [5, 5.41) is 22.3. The number of nitro benzene ring substituents is 1. The maximum atomic E-state index is 11.6. The molecule has 0 fully saturated rings. The van der Waals surface area contributed by atoms with Crippen LogP contribution in [0, 0.1) is 10.1 Å². The topological polar surface area (TPSA) is 119 Å². The van der Waals surface area contributed by atoms with Gasteiger partial charge in [0.1, 0.15) is 0 Å². The monoisotopic (exact) mass is 296 g/mol. The molecule has 0 aromatic heterocycles. The second kappa shape index (κ2) is 7.22. The molecule has 8 nitrogen and oxygen atoms in total. The maximum absolute atomic E-state index is 11.6. The lowest BCUT2D eigenvalue weighted by Gasteiger charge is -2.12. The third-order valence-electron chi connectivity index (χ3n) is 2.78. The number of carbonyl (C=O) groups is 2. The Kier molecular flexibility index (Phi) is 5.65. The first kappa shape index (κ1) is 16.4. The van der Waals surface area contributed by atoms with E-state index in [-0.39, 0.29) is 17.4 Å². The molecule has 0 saturated carbocycles. The van der Waals surface area contributed by atoms with Gasteiger partial charge < -0.3 is 15.2 Å². The number of hydrogen-bond donors (Lipinski definition) is 2. The number of aromatic carboxylic acids is 1. The summed E-state index contributed by atoms with van der Waals surface area (Å²) in [6.07, 6.45) is 0.736. The summed E-state index contributed by atoms with van der Waals surface area (Å²) < 4.78 is 5.08. The van der Waals surface area contributed by atoms with Crippen molar-refractivity contribution in [2.24, 2.45) is 0 Å². The van der Waals surface area contributed by atoms with E-state index in [0.717, 1.165) is 24.6 Å². The van der Waals surface area contributed by atoms with Crippen LogP contribution in [0.3, 0.4) is 0 Å². The van der Waals surface area contributed by atoms with Gasteiger partial charge in [0, 0.05) is 18.2 Å². The molecule has 0 aliphatic heterocycles. The van der Waals surface area contributed by atoms with Crippen LogP contribution in [0.4, 0.5) is 5.69 Å². The third-order valence-corrected chi connectivity index (χ3v) is 2.78. The summed E-state index contributed by atoms with van der Waals surface area (Å²) >= 11 is 0. The number of hydrogen-bond acceptors (Lipinski definition) is 5. The van der Waals surface area contributed by atoms with Gasteiger partial charge >= 0.3 is 11.7 Å². The van der Waals surface area contributed by atoms with Gasteiger partial charge in [-0.1, -0.05) is 6.92 Å². The molecule has 1 rings (SSSR count). The van der Waals surface area contributed by atoms with Gasteiger partial charge in [0.2, 0.25) is 0 Å². The Labute approximate surface area is 120 Å². The predicted molar refractivity (Wildman–Crippen MR) is 73.4 cm³/mol. The lowest BCUT2D eigenvalue weighted by molar-refractivity contribution is -0.385. The first-order valence-electron chi connectivity index (χ1n) is 6.29. The second-order valence-electron chi connectivity index (χ2n) is 4.41. The van der Waals surface area contributed by atoms with Gasteiger partial charge in [0.15, 0.2) is 12.4 Å². The lowest BCUT2D eigenvalue weighted by atomic mass is 10.2. The van der Waals surface area contributed by atoms with Crippen LogP contribution in [0.25, 0.3) is 0 Å². The van der Waals surface area contributed by atoms with Crippen LogP contribution in [0.5, 0.6) is 5.75 Å². The van der Waals surface area contributed by atoms with Crippen molar-refractivity contribution in [1.82, 2.24) is 5.32 Å². The van der Waals surface area contributed by atoms with Crippen molar-refractivity contribution in [2.75, 3.05) is 6.61 Å². The lowest BCUT2D eigenvalue weighted by Crippen LogP contribution is -2.35. The highest BCUT2D eigenvalue weighted by Gasteiger charge is 2.19. The fourth-order valence-corrected chi connectivity index (χ4v) is 1.48. The van der Waals surface area contributed by atoms with Gasteiger partial charge in [-0.15, -0.1) is 0 Å². The van der Waals surface area contributed by atoms with Gasteiger partial charge in [0.05, 0.1) is 10.5 Å². The van der Waals surface area contributed by atoms with Crippen LogP contribution in [0.1, 0.15) is 30.6 Å². The van der Waals surface area contributed by atoms with Crippen molar-refractivity contribution < 1.29 is 24.4 Å². The number of nitro groups is 1. The molecule has 0 heterocycles. The number of carbonyl (C=O) groups excluding carboxylic acids is 1. The standard InChI is InChI=1S/C13H16N2O6/c1-3-8(2)14-12(16)7-21-11-6-9(13(17)18)4-5-10(11)15(19)20/h4-6,8H,3,7H2,1-2H3,(H,14,16)(H,17,18). The molecule has 1 amide bonds. The van der Waals surface area contributed by atoms with E-state index < -0.39 is 29.1 Å². The minimum Gasteiger partial charge on any atom is -0.478 e. The molecule has 114 valence electrons. The van der Waals surface area contributed by atoms with Crippen LogP contribution in [-0.4, -0.2) is 34.6 Å². The smallest absolute Gasteiger partial charge is 0.335 e. The third kappa shape index (κ3) is 4.75. The van der Waals surface area contributed by atoms with Crippen LogP contribution in [0.15, 0.2) is 18.2 Å². The molecular weight excluding hydrogens is 280 g/mol. The van der Waals surface area contributed by atoms with E-state index in [1.165, 1.54) is 0 Å². The minimum absolute atomic E-state index is 0.0403. The van der Waals surface area contributed by atoms with E-state index in [9.17, 15) is 19.7 Å². The highest BCUT2D eigenvalue weighted by atomic mass is 16.6. The zero-order valence-corrected chi connectivity index (χ0v) is 11.7. The van der Waals surface area contributed by atoms with E-state index >= 15 is 0 Å². The molecule has 1 unspecified atom stereocenters. The molecule has 1 aromatic rings. The summed E-state index contributed by atoms with van der Waals surface area (Å²) in [6.45, 7) is 3.28. The van der Waals surface area contributed by atoms with Crippen molar-refractivity contribution in [3.8, 4) is 5.75 Å². The zero-order chi connectivity index (χ0) is 16.0. The van der Waals surface area contributed by atoms with Gasteiger partial charge in [-0.3, -0.25) is 14.9 Å². The zero-order valence-electron chi connectivity index (χ0n) is 11.7. The summed E-state index contributed by atoms with van der Waals surface area (Å²) in [7, 11) is 0. The van der Waals surface area contributed by atoms with Gasteiger partial charge in [-0.2, -0.15) is 0 Å². The molecular formula is C13H16N2O6. The highest BCUT2D eigenvalue weighted by molar-refractivity contribution is 5.88. The number of amides is 1. The number of carboxylic acids is 1. The molecule has 0 bridgehead atoms. The molecule has 0 spiro atoms. The van der Waals surface area contributed by atoms with Gasteiger partial charge in [0.25, 0.3) is 5.91 Å². The summed E-state index contributed by atoms with van der Waals surface area (Å²) in [5.74, 6) is -1.92. The van der Waals surface area contributed by atoms with Crippen molar-refractivity contribution in [1.29, 1.82) is 0 Å². The number of nitrogens with zero attached hydrogens (tertiary/aromatic N) is 1. The Hall–Kier alpha value is -2.64. The quantitative estimate of drug-likeness (QED) is 0.582. The molecule has 8 heteroatoms. The number of rotatable bonds is 7. The van der Waals surface area contributed by atoms with Crippen molar-refractivity contribution in [3.63, 3.8) is 0 Å². The molecule has 21 heavy (non-hydrogen) atoms. The number of carboxylic acid groups (broad SMARTS) is 1. The summed E-state index contributed by atoms with van der Waals surface area (Å²) in [4.78, 5) is 32.6. The normalized spacial score (nSPS) is 11.5. The fourth-order valence-electron chi connectivity index (χ4n) is 1.48. The van der Waals surface area contributed by atoms with E-state index in [2.05, 4.69) is 5.32 Å². The predicted octanol–water partition coefficient (Wildman–Crippen LogP) is 1.59. The Morgan fingerprint density at radius 3 is 2.67 bits per heavy atom. The Balaban J connectivity index is 2.85. The molecule has 1 atom stereocenters. The first-order chi connectivity index (χ1) is 9.85. The summed E-state index contributed by atoms with van der Waals surface area (Å²) in [5.41, 5.74) is -0.547. The average molecular weight is 296 g/mol. The minimum atomic E-state index is -1.24. The number of nitrogens with one attached hydrogen (secondary N) is 1. The van der Waals surface area contributed by atoms with E-state index in [1.54, 1.807) is 0 Å². The molecule has 0 saturated heterocycles. The van der Waals surface area contributed by atoms with Crippen LogP contribution >= 0.6 is 0 Å². The molecule has 0 aliphatic carbocycles. The average Bonchev–Trinajstić information content (AvgIpc) is 2.44. The molecule has 2 N–H and O–H groups in total. The van der Waals surface area contributed by atoms with Crippen LogP contribution in [-0.2, 0) is 4.79 Å².